The van der Waals surface area contributed by atoms with E-state index < -0.39 is 10.0 Å². The number of morpholine rings is 1. The van der Waals surface area contributed by atoms with Crippen LogP contribution in [0, 0.1) is 6.92 Å². The zero-order valence-corrected chi connectivity index (χ0v) is 17.1. The van der Waals surface area contributed by atoms with Crippen LogP contribution in [0.3, 0.4) is 0 Å². The molecule has 2 aliphatic rings. The predicted molar refractivity (Wildman–Crippen MR) is 109 cm³/mol. The van der Waals surface area contributed by atoms with Gasteiger partial charge >= 0.3 is 0 Å². The minimum atomic E-state index is -3.53. The monoisotopic (exact) mass is 401 g/mol. The van der Waals surface area contributed by atoms with E-state index in [4.69, 9.17) is 4.74 Å². The molecule has 4 rings (SSSR count). The van der Waals surface area contributed by atoms with E-state index in [-0.39, 0.29) is 6.04 Å². The van der Waals surface area contributed by atoms with Gasteiger partial charge in [0.15, 0.2) is 0 Å². The summed E-state index contributed by atoms with van der Waals surface area (Å²) in [6.07, 6.45) is 4.58. The molecule has 1 aromatic carbocycles. The highest BCUT2D eigenvalue weighted by molar-refractivity contribution is 7.89. The highest BCUT2D eigenvalue weighted by Crippen LogP contribution is 2.35. The third-order valence-electron chi connectivity index (χ3n) is 5.57. The maximum absolute atomic E-state index is 13.3. The van der Waals surface area contributed by atoms with Gasteiger partial charge in [-0.2, -0.15) is 4.31 Å². The smallest absolute Gasteiger partial charge is 0.243 e. The van der Waals surface area contributed by atoms with Gasteiger partial charge in [-0.3, -0.25) is 0 Å². The van der Waals surface area contributed by atoms with E-state index in [0.717, 1.165) is 49.3 Å². The van der Waals surface area contributed by atoms with Gasteiger partial charge in [0.05, 0.1) is 24.2 Å². The number of anilines is 1. The lowest BCUT2D eigenvalue weighted by atomic mass is 9.99. The fourth-order valence-corrected chi connectivity index (χ4v) is 5.63. The summed E-state index contributed by atoms with van der Waals surface area (Å²) >= 11 is 0. The molecule has 0 radical (unpaired) electrons. The summed E-state index contributed by atoms with van der Waals surface area (Å²) in [5.74, 6) is 0.927. The lowest BCUT2D eigenvalue weighted by Gasteiger charge is -2.35. The van der Waals surface area contributed by atoms with Crippen LogP contribution in [0.2, 0.25) is 0 Å². The van der Waals surface area contributed by atoms with Crippen molar-refractivity contribution in [1.82, 2.24) is 9.29 Å². The molecule has 0 saturated carbocycles. The van der Waals surface area contributed by atoms with Crippen molar-refractivity contribution in [2.24, 2.45) is 0 Å². The normalized spacial score (nSPS) is 21.6. The Labute approximate surface area is 167 Å². The molecule has 2 saturated heterocycles. The first-order valence-corrected chi connectivity index (χ1v) is 11.4. The van der Waals surface area contributed by atoms with Gasteiger partial charge in [0.1, 0.15) is 5.82 Å². The van der Waals surface area contributed by atoms with Crippen LogP contribution in [0.4, 0.5) is 5.82 Å². The number of sulfonamides is 1. The van der Waals surface area contributed by atoms with E-state index in [1.54, 1.807) is 16.4 Å². The molecule has 1 atom stereocenters. The SMILES string of the molecule is Cc1ccc(S(=O)(=O)N2CCCC[C@H]2c2ccc(N3CCOCC3)nc2)cc1. The van der Waals surface area contributed by atoms with Crippen molar-refractivity contribution >= 4 is 15.8 Å². The summed E-state index contributed by atoms with van der Waals surface area (Å²) in [5.41, 5.74) is 2.02. The molecular weight excluding hydrogens is 374 g/mol. The average Bonchev–Trinajstić information content (AvgIpc) is 2.75. The zero-order chi connectivity index (χ0) is 19.6. The van der Waals surface area contributed by atoms with Crippen LogP contribution in [0.25, 0.3) is 0 Å². The van der Waals surface area contributed by atoms with Crippen molar-refractivity contribution in [2.45, 2.75) is 37.1 Å². The van der Waals surface area contributed by atoms with Crippen molar-refractivity contribution in [2.75, 3.05) is 37.7 Å². The molecule has 7 heteroatoms. The predicted octanol–water partition coefficient (Wildman–Crippen LogP) is 3.14. The first-order valence-electron chi connectivity index (χ1n) is 9.93. The Morgan fingerprint density at radius 3 is 2.43 bits per heavy atom. The van der Waals surface area contributed by atoms with Crippen molar-refractivity contribution in [3.05, 3.63) is 53.7 Å². The second-order valence-electron chi connectivity index (χ2n) is 7.49. The topological polar surface area (TPSA) is 62.7 Å². The first-order chi connectivity index (χ1) is 13.6. The van der Waals surface area contributed by atoms with Crippen LogP contribution < -0.4 is 4.90 Å². The largest absolute Gasteiger partial charge is 0.378 e. The van der Waals surface area contributed by atoms with Crippen molar-refractivity contribution in [3.8, 4) is 0 Å². The minimum Gasteiger partial charge on any atom is -0.378 e. The number of aryl methyl sites for hydroxylation is 1. The van der Waals surface area contributed by atoms with Crippen LogP contribution in [-0.4, -0.2) is 50.6 Å². The number of piperidine rings is 1. The van der Waals surface area contributed by atoms with Crippen LogP contribution in [0.5, 0.6) is 0 Å². The summed E-state index contributed by atoms with van der Waals surface area (Å²) in [6, 6.07) is 11.0. The van der Waals surface area contributed by atoms with Crippen LogP contribution in [-0.2, 0) is 14.8 Å². The average molecular weight is 402 g/mol. The summed E-state index contributed by atoms with van der Waals surface area (Å²) < 4.78 is 33.6. The molecule has 6 nitrogen and oxygen atoms in total. The van der Waals surface area contributed by atoms with Gasteiger partial charge < -0.3 is 9.64 Å². The van der Waals surface area contributed by atoms with Crippen molar-refractivity contribution in [1.29, 1.82) is 0 Å². The Bertz CT molecular complexity index is 891. The van der Waals surface area contributed by atoms with Crippen LogP contribution >= 0.6 is 0 Å². The molecule has 0 aliphatic carbocycles. The second kappa shape index (κ2) is 8.19. The van der Waals surface area contributed by atoms with Gasteiger partial charge in [0.2, 0.25) is 10.0 Å². The number of ether oxygens (including phenoxy) is 1. The van der Waals surface area contributed by atoms with E-state index in [0.29, 0.717) is 24.7 Å². The van der Waals surface area contributed by atoms with Crippen LogP contribution in [0.1, 0.15) is 36.4 Å². The van der Waals surface area contributed by atoms with Gasteiger partial charge in [0.25, 0.3) is 0 Å². The molecule has 0 N–H and O–H groups in total. The summed E-state index contributed by atoms with van der Waals surface area (Å²) in [6.45, 7) is 5.62. The summed E-state index contributed by atoms with van der Waals surface area (Å²) in [4.78, 5) is 7.19. The molecule has 2 fully saturated rings. The number of benzene rings is 1. The minimum absolute atomic E-state index is 0.161. The third kappa shape index (κ3) is 3.92. The number of rotatable bonds is 4. The van der Waals surface area contributed by atoms with E-state index in [1.807, 2.05) is 37.4 Å². The number of hydrogen-bond acceptors (Lipinski definition) is 5. The first kappa shape index (κ1) is 19.4. The lowest BCUT2D eigenvalue weighted by molar-refractivity contribution is 0.122. The molecule has 0 bridgehead atoms. The summed E-state index contributed by atoms with van der Waals surface area (Å²) in [7, 11) is -3.53. The molecule has 2 aliphatic heterocycles. The van der Waals surface area contributed by atoms with Crippen LogP contribution in [0.15, 0.2) is 47.5 Å². The fraction of sp³-hybridized carbons (Fsp3) is 0.476. The molecule has 150 valence electrons. The number of aromatic nitrogens is 1. The van der Waals surface area contributed by atoms with E-state index in [2.05, 4.69) is 9.88 Å². The Morgan fingerprint density at radius 1 is 1.00 bits per heavy atom. The van der Waals surface area contributed by atoms with Crippen molar-refractivity contribution < 1.29 is 13.2 Å². The lowest BCUT2D eigenvalue weighted by Crippen LogP contribution is -2.39. The molecule has 2 aromatic rings. The Balaban J connectivity index is 1.59. The molecule has 0 spiro atoms. The van der Waals surface area contributed by atoms with Gasteiger partial charge in [-0.25, -0.2) is 13.4 Å². The van der Waals surface area contributed by atoms with E-state index in [9.17, 15) is 8.42 Å². The molecule has 1 aromatic heterocycles. The third-order valence-corrected chi connectivity index (χ3v) is 7.49. The fourth-order valence-electron chi connectivity index (χ4n) is 3.95. The van der Waals surface area contributed by atoms with Gasteiger partial charge in [0, 0.05) is 25.8 Å². The second-order valence-corrected chi connectivity index (χ2v) is 9.38. The Hall–Kier alpha value is -1.96. The Kier molecular flexibility index (Phi) is 5.66. The highest BCUT2D eigenvalue weighted by Gasteiger charge is 2.34. The molecule has 28 heavy (non-hydrogen) atoms. The molecular formula is C21H27N3O3S. The van der Waals surface area contributed by atoms with Gasteiger partial charge in [-0.05, 0) is 43.5 Å². The summed E-state index contributed by atoms with van der Waals surface area (Å²) in [5, 5.41) is 0. The van der Waals surface area contributed by atoms with E-state index >= 15 is 0 Å². The molecule has 0 unspecified atom stereocenters. The number of hydrogen-bond donors (Lipinski definition) is 0. The highest BCUT2D eigenvalue weighted by atomic mass is 32.2. The van der Waals surface area contributed by atoms with Gasteiger partial charge in [-0.1, -0.05) is 30.2 Å². The molecule has 3 heterocycles. The van der Waals surface area contributed by atoms with E-state index in [1.165, 1.54) is 0 Å². The Morgan fingerprint density at radius 2 is 1.75 bits per heavy atom. The number of nitrogens with zero attached hydrogens (tertiary/aromatic N) is 3. The zero-order valence-electron chi connectivity index (χ0n) is 16.3. The molecule has 0 amide bonds. The maximum atomic E-state index is 13.3. The standard InChI is InChI=1S/C21H27N3O3S/c1-17-5-8-19(9-6-17)28(25,26)24-11-3-2-4-20(24)18-7-10-21(22-16-18)23-12-14-27-15-13-23/h5-10,16,20H,2-4,11-15H2,1H3/t20-/m0/s1. The maximum Gasteiger partial charge on any atom is 0.243 e. The number of pyridine rings is 1. The van der Waals surface area contributed by atoms with Crippen molar-refractivity contribution in [3.63, 3.8) is 0 Å². The van der Waals surface area contributed by atoms with Gasteiger partial charge in [-0.15, -0.1) is 0 Å². The quantitative estimate of drug-likeness (QED) is 0.788.